The maximum Gasteiger partial charge on any atom is 0.226 e. The van der Waals surface area contributed by atoms with Crippen molar-refractivity contribution in [2.75, 3.05) is 0 Å². The molecular weight excluding hydrogens is 186 g/mol. The maximum absolute atomic E-state index is 10.5. The van der Waals surface area contributed by atoms with Crippen molar-refractivity contribution in [3.05, 3.63) is 10.1 Å². The molecule has 1 aliphatic rings. The van der Waals surface area contributed by atoms with E-state index >= 15 is 0 Å². The normalized spacial score (nSPS) is 31.7. The molecule has 11 heavy (non-hydrogen) atoms. The summed E-state index contributed by atoms with van der Waals surface area (Å²) in [6.45, 7) is 0. The van der Waals surface area contributed by atoms with Gasteiger partial charge in [-0.25, -0.2) is 0 Å². The molecule has 1 saturated carbocycles. The molecule has 0 radical (unpaired) electrons. The van der Waals surface area contributed by atoms with Crippen LogP contribution in [0.25, 0.3) is 0 Å². The maximum atomic E-state index is 10.5. The van der Waals surface area contributed by atoms with Crippen LogP contribution in [0.4, 0.5) is 0 Å². The number of rotatable bonds is 2. The molecule has 3 nitrogen and oxygen atoms in total. The first-order valence-electron chi connectivity index (χ1n) is 3.66. The largest absolute Gasteiger partial charge is 0.264 e. The van der Waals surface area contributed by atoms with Crippen molar-refractivity contribution in [3.63, 3.8) is 0 Å². The zero-order chi connectivity index (χ0) is 8.27. The molecule has 1 aliphatic carbocycles. The minimum atomic E-state index is -0.411. The third kappa shape index (κ3) is 2.24. The lowest BCUT2D eigenvalue weighted by Crippen LogP contribution is -2.33. The Morgan fingerprint density at radius 1 is 1.45 bits per heavy atom. The van der Waals surface area contributed by atoms with E-state index in [9.17, 15) is 10.1 Å². The molecule has 2 unspecified atom stereocenters. The van der Waals surface area contributed by atoms with E-state index in [1.165, 1.54) is 0 Å². The lowest BCUT2D eigenvalue weighted by atomic mass is 9.95. The molecule has 0 aromatic rings. The van der Waals surface area contributed by atoms with Gasteiger partial charge in [0.05, 0.1) is 5.25 Å². The van der Waals surface area contributed by atoms with Crippen molar-refractivity contribution in [1.29, 1.82) is 0 Å². The van der Waals surface area contributed by atoms with Crippen LogP contribution in [0, 0.1) is 10.1 Å². The third-order valence-corrected chi connectivity index (χ3v) is 3.52. The summed E-state index contributed by atoms with van der Waals surface area (Å²) in [6.07, 6.45) is 3.63. The SMILES string of the molecule is O=[N+]([O-])C1CCCCC1SCl. The van der Waals surface area contributed by atoms with Gasteiger partial charge < -0.3 is 0 Å². The minimum Gasteiger partial charge on any atom is -0.264 e. The van der Waals surface area contributed by atoms with Crippen molar-refractivity contribution in [1.82, 2.24) is 0 Å². The summed E-state index contributed by atoms with van der Waals surface area (Å²) in [7, 11) is 6.64. The second kappa shape index (κ2) is 4.16. The van der Waals surface area contributed by atoms with Gasteiger partial charge in [-0.2, -0.15) is 0 Å². The predicted octanol–water partition coefficient (Wildman–Crippen LogP) is 2.46. The Hall–Kier alpha value is 0.0400. The first-order valence-corrected chi connectivity index (χ1v) is 5.37. The second-order valence-electron chi connectivity index (χ2n) is 2.76. The zero-order valence-electron chi connectivity index (χ0n) is 6.03. The van der Waals surface area contributed by atoms with Crippen LogP contribution in [-0.2, 0) is 0 Å². The van der Waals surface area contributed by atoms with Crippen LogP contribution in [-0.4, -0.2) is 16.2 Å². The fourth-order valence-corrected chi connectivity index (χ4v) is 2.66. The van der Waals surface area contributed by atoms with Crippen LogP contribution in [0.2, 0.25) is 0 Å². The molecule has 0 spiro atoms. The molecule has 64 valence electrons. The Morgan fingerprint density at radius 2 is 2.09 bits per heavy atom. The highest BCUT2D eigenvalue weighted by Crippen LogP contribution is 2.32. The number of halogens is 1. The Bertz CT molecular complexity index is 156. The fourth-order valence-electron chi connectivity index (χ4n) is 1.42. The topological polar surface area (TPSA) is 43.1 Å². The molecule has 0 amide bonds. The highest BCUT2D eigenvalue weighted by molar-refractivity contribution is 8.21. The van der Waals surface area contributed by atoms with Crippen molar-refractivity contribution < 1.29 is 4.92 Å². The van der Waals surface area contributed by atoms with Crippen LogP contribution in [0.3, 0.4) is 0 Å². The van der Waals surface area contributed by atoms with Crippen LogP contribution in [0.5, 0.6) is 0 Å². The van der Waals surface area contributed by atoms with E-state index in [2.05, 4.69) is 0 Å². The predicted molar refractivity (Wildman–Crippen MR) is 46.5 cm³/mol. The monoisotopic (exact) mass is 195 g/mol. The van der Waals surface area contributed by atoms with Crippen molar-refractivity contribution in [2.24, 2.45) is 0 Å². The summed E-state index contributed by atoms with van der Waals surface area (Å²) in [5, 5.41) is 10.5. The fraction of sp³-hybridized carbons (Fsp3) is 1.00. The average molecular weight is 196 g/mol. The number of hydrogen-bond acceptors (Lipinski definition) is 3. The number of hydrogen-bond donors (Lipinski definition) is 0. The van der Waals surface area contributed by atoms with E-state index in [1.54, 1.807) is 0 Å². The molecule has 1 rings (SSSR count). The smallest absolute Gasteiger partial charge is 0.226 e. The van der Waals surface area contributed by atoms with Gasteiger partial charge in [-0.1, -0.05) is 6.42 Å². The van der Waals surface area contributed by atoms with Gasteiger partial charge >= 0.3 is 0 Å². The van der Waals surface area contributed by atoms with Gasteiger partial charge in [-0.15, -0.1) is 0 Å². The third-order valence-electron chi connectivity index (χ3n) is 2.05. The molecule has 0 bridgehead atoms. The van der Waals surface area contributed by atoms with Crippen LogP contribution >= 0.6 is 21.7 Å². The Balaban J connectivity index is 2.51. The Labute approximate surface area is 74.1 Å². The molecule has 0 aliphatic heterocycles. The average Bonchev–Trinajstić information content (AvgIpc) is 2.04. The molecule has 0 aromatic carbocycles. The Kier molecular flexibility index (Phi) is 3.45. The highest BCUT2D eigenvalue weighted by atomic mass is 35.7. The molecule has 5 heteroatoms. The van der Waals surface area contributed by atoms with Crippen molar-refractivity contribution in [3.8, 4) is 0 Å². The van der Waals surface area contributed by atoms with E-state index in [4.69, 9.17) is 10.7 Å². The van der Waals surface area contributed by atoms with Gasteiger partial charge in [0.25, 0.3) is 0 Å². The van der Waals surface area contributed by atoms with E-state index in [-0.39, 0.29) is 10.2 Å². The zero-order valence-corrected chi connectivity index (χ0v) is 7.61. The van der Waals surface area contributed by atoms with Crippen LogP contribution in [0.15, 0.2) is 0 Å². The van der Waals surface area contributed by atoms with Gasteiger partial charge in [0.1, 0.15) is 0 Å². The van der Waals surface area contributed by atoms with Gasteiger partial charge in [-0.3, -0.25) is 10.1 Å². The molecule has 0 N–H and O–H groups in total. The van der Waals surface area contributed by atoms with Crippen LogP contribution < -0.4 is 0 Å². The number of nitro groups is 1. The molecule has 0 saturated heterocycles. The first-order chi connectivity index (χ1) is 5.25. The van der Waals surface area contributed by atoms with Crippen molar-refractivity contribution in [2.45, 2.75) is 37.0 Å². The second-order valence-corrected chi connectivity index (χ2v) is 4.08. The molecule has 2 atom stereocenters. The van der Waals surface area contributed by atoms with Gasteiger partial charge in [0.2, 0.25) is 6.04 Å². The minimum absolute atomic E-state index is 0.0282. The summed E-state index contributed by atoms with van der Waals surface area (Å²) in [4.78, 5) is 10.3. The summed E-state index contributed by atoms with van der Waals surface area (Å²) < 4.78 is 0. The molecule has 1 fully saturated rings. The van der Waals surface area contributed by atoms with E-state index in [1.807, 2.05) is 0 Å². The van der Waals surface area contributed by atoms with Gasteiger partial charge in [-0.05, 0) is 34.5 Å². The van der Waals surface area contributed by atoms with E-state index < -0.39 is 6.04 Å². The van der Waals surface area contributed by atoms with E-state index in [0.29, 0.717) is 6.42 Å². The lowest BCUT2D eigenvalue weighted by molar-refractivity contribution is -0.524. The Morgan fingerprint density at radius 3 is 2.55 bits per heavy atom. The van der Waals surface area contributed by atoms with Crippen molar-refractivity contribution >= 4 is 21.7 Å². The van der Waals surface area contributed by atoms with Gasteiger partial charge in [0, 0.05) is 11.3 Å². The highest BCUT2D eigenvalue weighted by Gasteiger charge is 2.33. The molecule has 0 aromatic heterocycles. The van der Waals surface area contributed by atoms with Crippen LogP contribution in [0.1, 0.15) is 25.7 Å². The lowest BCUT2D eigenvalue weighted by Gasteiger charge is -2.22. The summed E-state index contributed by atoms with van der Waals surface area (Å²) >= 11 is 0. The summed E-state index contributed by atoms with van der Waals surface area (Å²) in [5.74, 6) is 0. The summed E-state index contributed by atoms with van der Waals surface area (Å²) in [6, 6.07) is -0.411. The van der Waals surface area contributed by atoms with E-state index in [0.717, 1.165) is 30.2 Å². The van der Waals surface area contributed by atoms with Gasteiger partial charge in [0.15, 0.2) is 0 Å². The number of nitrogens with zero attached hydrogens (tertiary/aromatic N) is 1. The molecular formula is C6H10ClNO2S. The quantitative estimate of drug-likeness (QED) is 0.502. The first kappa shape index (κ1) is 9.13. The standard InChI is InChI=1S/C6H10ClNO2S/c7-11-6-4-2-1-3-5(6)8(9)10/h5-6H,1-4H2. The summed E-state index contributed by atoms with van der Waals surface area (Å²) in [5.41, 5.74) is 0. The molecule has 0 heterocycles.